The van der Waals surface area contributed by atoms with Crippen LogP contribution in [0.4, 0.5) is 23.1 Å². The molecule has 0 spiro atoms. The van der Waals surface area contributed by atoms with E-state index >= 15 is 0 Å². The lowest BCUT2D eigenvalue weighted by Crippen LogP contribution is -2.47. The summed E-state index contributed by atoms with van der Waals surface area (Å²) in [6, 6.07) is 9.47. The molecule has 8 heteroatoms. The minimum Gasteiger partial charge on any atom is -0.398 e. The Kier molecular flexibility index (Phi) is 7.07. The van der Waals surface area contributed by atoms with E-state index < -0.39 is 0 Å². The zero-order valence-electron chi connectivity index (χ0n) is 17.6. The van der Waals surface area contributed by atoms with Crippen LogP contribution in [-0.2, 0) is 11.2 Å². The van der Waals surface area contributed by atoms with Gasteiger partial charge in [0.05, 0.1) is 5.56 Å². The molecule has 1 aliphatic heterocycles. The predicted octanol–water partition coefficient (Wildman–Crippen LogP) is 3.12. The van der Waals surface area contributed by atoms with Crippen molar-refractivity contribution in [2.45, 2.75) is 52.0 Å². The molecule has 8 nitrogen and oxygen atoms in total. The van der Waals surface area contributed by atoms with Crippen molar-refractivity contribution < 1.29 is 4.79 Å². The molecule has 30 heavy (non-hydrogen) atoms. The van der Waals surface area contributed by atoms with Crippen LogP contribution in [0.2, 0.25) is 0 Å². The molecule has 0 unspecified atom stereocenters. The molecule has 158 valence electrons. The van der Waals surface area contributed by atoms with Gasteiger partial charge in [0, 0.05) is 49.2 Å². The number of piperidine rings is 1. The highest BCUT2D eigenvalue weighted by Gasteiger charge is 2.22. The fourth-order valence-corrected chi connectivity index (χ4v) is 3.64. The summed E-state index contributed by atoms with van der Waals surface area (Å²) in [4.78, 5) is 23.1. The molecule has 1 aromatic carbocycles. The van der Waals surface area contributed by atoms with Gasteiger partial charge in [-0.1, -0.05) is 13.3 Å². The van der Waals surface area contributed by atoms with Gasteiger partial charge < -0.3 is 21.3 Å². The van der Waals surface area contributed by atoms with Crippen LogP contribution in [0.5, 0.6) is 0 Å². The molecule has 0 bridgehead atoms. The number of amides is 1. The van der Waals surface area contributed by atoms with Crippen LogP contribution in [0.25, 0.3) is 0 Å². The quantitative estimate of drug-likeness (QED) is 0.603. The first-order chi connectivity index (χ1) is 14.5. The standard InChI is InChI=1S/C22H29N7O/c1-3-4-6-17-12-21(29-10-5-7-19(14-29)25-15(2)30)28-22(26-17)27-18-8-9-20(24)16(11-18)13-23/h8-9,11-12,19H,3-7,10,14,24H2,1-2H3,(H,25,30)(H,26,27,28)/t19-/m1/s1. The third-order valence-corrected chi connectivity index (χ3v) is 5.13. The Labute approximate surface area is 177 Å². The predicted molar refractivity (Wildman–Crippen MR) is 119 cm³/mol. The van der Waals surface area contributed by atoms with Gasteiger partial charge in [0.2, 0.25) is 11.9 Å². The number of nitrogens with zero attached hydrogens (tertiary/aromatic N) is 4. The molecule has 0 radical (unpaired) electrons. The van der Waals surface area contributed by atoms with E-state index in [4.69, 9.17) is 10.7 Å². The molecular formula is C22H29N7O. The Bertz CT molecular complexity index is 938. The van der Waals surface area contributed by atoms with Crippen molar-refractivity contribution in [2.75, 3.05) is 29.0 Å². The molecule has 1 fully saturated rings. The fourth-order valence-electron chi connectivity index (χ4n) is 3.64. The van der Waals surface area contributed by atoms with Gasteiger partial charge in [0.15, 0.2) is 0 Å². The minimum absolute atomic E-state index is 0.00724. The largest absolute Gasteiger partial charge is 0.398 e. The second-order valence-corrected chi connectivity index (χ2v) is 7.67. The lowest BCUT2D eigenvalue weighted by Gasteiger charge is -2.34. The molecule has 0 aliphatic carbocycles. The molecule has 1 saturated heterocycles. The van der Waals surface area contributed by atoms with E-state index in [2.05, 4.69) is 33.5 Å². The van der Waals surface area contributed by atoms with Crippen molar-refractivity contribution in [3.8, 4) is 6.07 Å². The molecule has 1 atom stereocenters. The van der Waals surface area contributed by atoms with Crippen LogP contribution >= 0.6 is 0 Å². The van der Waals surface area contributed by atoms with E-state index in [1.165, 1.54) is 0 Å². The Morgan fingerprint density at radius 3 is 2.93 bits per heavy atom. The fraction of sp³-hybridized carbons (Fsp3) is 0.455. The number of nitrogens with one attached hydrogen (secondary N) is 2. The Morgan fingerprint density at radius 2 is 2.20 bits per heavy atom. The van der Waals surface area contributed by atoms with Gasteiger partial charge in [0.1, 0.15) is 11.9 Å². The molecule has 2 aromatic rings. The van der Waals surface area contributed by atoms with Crippen LogP contribution in [0, 0.1) is 11.3 Å². The number of hydrogen-bond donors (Lipinski definition) is 3. The highest BCUT2D eigenvalue weighted by Crippen LogP contribution is 2.24. The Morgan fingerprint density at radius 1 is 1.37 bits per heavy atom. The van der Waals surface area contributed by atoms with E-state index in [0.29, 0.717) is 22.9 Å². The van der Waals surface area contributed by atoms with Crippen molar-refractivity contribution in [1.82, 2.24) is 15.3 Å². The van der Waals surface area contributed by atoms with Crippen molar-refractivity contribution in [2.24, 2.45) is 0 Å². The number of hydrogen-bond acceptors (Lipinski definition) is 7. The van der Waals surface area contributed by atoms with Gasteiger partial charge in [-0.15, -0.1) is 0 Å². The average molecular weight is 408 g/mol. The first kappa shape index (κ1) is 21.4. The lowest BCUT2D eigenvalue weighted by molar-refractivity contribution is -0.119. The van der Waals surface area contributed by atoms with Crippen LogP contribution in [-0.4, -0.2) is 35.0 Å². The zero-order valence-corrected chi connectivity index (χ0v) is 17.6. The summed E-state index contributed by atoms with van der Waals surface area (Å²) in [5.41, 5.74) is 8.37. The van der Waals surface area contributed by atoms with E-state index in [9.17, 15) is 10.1 Å². The molecule has 3 rings (SSSR count). The van der Waals surface area contributed by atoms with Gasteiger partial charge in [-0.2, -0.15) is 10.2 Å². The number of rotatable bonds is 7. The molecule has 4 N–H and O–H groups in total. The topological polar surface area (TPSA) is 120 Å². The SMILES string of the molecule is CCCCc1cc(N2CCC[C@@H](NC(C)=O)C2)nc(Nc2ccc(N)c(C#N)c2)n1. The third-order valence-electron chi connectivity index (χ3n) is 5.13. The number of carbonyl (C=O) groups excluding carboxylic acids is 1. The maximum absolute atomic E-state index is 11.5. The van der Waals surface area contributed by atoms with E-state index in [-0.39, 0.29) is 11.9 Å². The Balaban J connectivity index is 1.86. The van der Waals surface area contributed by atoms with E-state index in [0.717, 1.165) is 56.7 Å². The average Bonchev–Trinajstić information content (AvgIpc) is 2.73. The smallest absolute Gasteiger partial charge is 0.229 e. The third kappa shape index (κ3) is 5.60. The van der Waals surface area contributed by atoms with Crippen molar-refractivity contribution in [3.63, 3.8) is 0 Å². The second kappa shape index (κ2) is 9.92. The van der Waals surface area contributed by atoms with Gasteiger partial charge in [0.25, 0.3) is 0 Å². The van der Waals surface area contributed by atoms with Gasteiger partial charge >= 0.3 is 0 Å². The Hall–Kier alpha value is -3.34. The van der Waals surface area contributed by atoms with Crippen LogP contribution < -0.4 is 21.3 Å². The summed E-state index contributed by atoms with van der Waals surface area (Å²) >= 11 is 0. The number of anilines is 4. The molecule has 1 amide bonds. The number of aromatic nitrogens is 2. The summed E-state index contributed by atoms with van der Waals surface area (Å²) in [5, 5.41) is 15.5. The van der Waals surface area contributed by atoms with E-state index in [1.54, 1.807) is 19.1 Å². The first-order valence-corrected chi connectivity index (χ1v) is 10.4. The van der Waals surface area contributed by atoms with Crippen LogP contribution in [0.1, 0.15) is 50.8 Å². The summed E-state index contributed by atoms with van der Waals surface area (Å²) in [6.07, 6.45) is 4.96. The number of unbranched alkanes of at least 4 members (excludes halogenated alkanes) is 1. The molecule has 1 aliphatic rings. The maximum atomic E-state index is 11.5. The molecular weight excluding hydrogens is 378 g/mol. The van der Waals surface area contributed by atoms with Crippen molar-refractivity contribution in [3.05, 3.63) is 35.5 Å². The highest BCUT2D eigenvalue weighted by atomic mass is 16.1. The summed E-state index contributed by atoms with van der Waals surface area (Å²) in [5.74, 6) is 1.34. The number of benzene rings is 1. The van der Waals surface area contributed by atoms with E-state index in [1.807, 2.05) is 12.1 Å². The second-order valence-electron chi connectivity index (χ2n) is 7.67. The van der Waals surface area contributed by atoms with Crippen molar-refractivity contribution >= 4 is 29.0 Å². The number of nitriles is 1. The zero-order chi connectivity index (χ0) is 21.5. The number of nitrogen functional groups attached to an aromatic ring is 1. The normalized spacial score (nSPS) is 16.0. The summed E-state index contributed by atoms with van der Waals surface area (Å²) in [6.45, 7) is 5.32. The van der Waals surface area contributed by atoms with Crippen LogP contribution in [0.15, 0.2) is 24.3 Å². The number of carbonyl (C=O) groups is 1. The molecule has 2 heterocycles. The van der Waals surface area contributed by atoms with Gasteiger partial charge in [-0.25, -0.2) is 4.98 Å². The molecule has 1 aromatic heterocycles. The number of aryl methyl sites for hydroxylation is 1. The van der Waals surface area contributed by atoms with Crippen LogP contribution in [0.3, 0.4) is 0 Å². The molecule has 0 saturated carbocycles. The first-order valence-electron chi connectivity index (χ1n) is 10.4. The summed E-state index contributed by atoms with van der Waals surface area (Å²) in [7, 11) is 0. The van der Waals surface area contributed by atoms with Gasteiger partial charge in [-0.05, 0) is 43.9 Å². The number of nitrogens with two attached hydrogens (primary N) is 1. The maximum Gasteiger partial charge on any atom is 0.229 e. The van der Waals surface area contributed by atoms with Crippen molar-refractivity contribution in [1.29, 1.82) is 5.26 Å². The monoisotopic (exact) mass is 407 g/mol. The van der Waals surface area contributed by atoms with Gasteiger partial charge in [-0.3, -0.25) is 4.79 Å². The highest BCUT2D eigenvalue weighted by molar-refractivity contribution is 5.73. The lowest BCUT2D eigenvalue weighted by atomic mass is 10.1. The summed E-state index contributed by atoms with van der Waals surface area (Å²) < 4.78 is 0. The minimum atomic E-state index is -0.00724.